The summed E-state index contributed by atoms with van der Waals surface area (Å²) in [5.41, 5.74) is 3.67. The summed E-state index contributed by atoms with van der Waals surface area (Å²) < 4.78 is 11.0. The molecule has 0 bridgehead atoms. The largest absolute Gasteiger partial charge is 0.493 e. The summed E-state index contributed by atoms with van der Waals surface area (Å²) in [5, 5.41) is 7.05. The van der Waals surface area contributed by atoms with Crippen LogP contribution in [-0.4, -0.2) is 30.1 Å². The standard InChI is InChI=1S/C16H21N3O2/c1-5-8-21-14-7-6-13(9-15(14)20-4)10-17-16-11(2)18-19-12(16)3/h6-7,9-10H,5,8H2,1-4H3,(H,18,19). The van der Waals surface area contributed by atoms with E-state index in [4.69, 9.17) is 9.47 Å². The van der Waals surface area contributed by atoms with Crippen molar-refractivity contribution < 1.29 is 9.47 Å². The Bertz CT molecular complexity index is 613. The maximum Gasteiger partial charge on any atom is 0.161 e. The first-order valence-corrected chi connectivity index (χ1v) is 7.02. The van der Waals surface area contributed by atoms with Gasteiger partial charge in [-0.2, -0.15) is 5.10 Å². The van der Waals surface area contributed by atoms with Crippen LogP contribution in [0.15, 0.2) is 23.2 Å². The molecule has 0 aliphatic heterocycles. The lowest BCUT2D eigenvalue weighted by atomic mass is 10.2. The van der Waals surface area contributed by atoms with Crippen molar-refractivity contribution in [3.05, 3.63) is 35.2 Å². The molecule has 0 spiro atoms. The molecule has 1 N–H and O–H groups in total. The fourth-order valence-corrected chi connectivity index (χ4v) is 1.97. The molecule has 0 amide bonds. The second-order valence-corrected chi connectivity index (χ2v) is 4.80. The van der Waals surface area contributed by atoms with Gasteiger partial charge < -0.3 is 9.47 Å². The summed E-state index contributed by atoms with van der Waals surface area (Å²) in [6.07, 6.45) is 2.77. The number of nitrogens with one attached hydrogen (secondary N) is 1. The highest BCUT2D eigenvalue weighted by Crippen LogP contribution is 2.28. The van der Waals surface area contributed by atoms with E-state index in [1.807, 2.05) is 32.0 Å². The number of methoxy groups -OCH3 is 1. The first-order valence-electron chi connectivity index (χ1n) is 7.02. The average Bonchev–Trinajstić information content (AvgIpc) is 2.82. The lowest BCUT2D eigenvalue weighted by Crippen LogP contribution is -1.98. The van der Waals surface area contributed by atoms with Crippen LogP contribution < -0.4 is 9.47 Å². The zero-order valence-corrected chi connectivity index (χ0v) is 12.9. The Balaban J connectivity index is 2.21. The SMILES string of the molecule is CCCOc1ccc(C=Nc2c(C)n[nH]c2C)cc1OC. The summed E-state index contributed by atoms with van der Waals surface area (Å²) in [5.74, 6) is 1.47. The molecule has 112 valence electrons. The maximum atomic E-state index is 5.64. The molecule has 0 aliphatic rings. The molecule has 0 aliphatic carbocycles. The van der Waals surface area contributed by atoms with Crippen molar-refractivity contribution in [2.24, 2.45) is 4.99 Å². The van der Waals surface area contributed by atoms with Crippen molar-refractivity contribution in [2.45, 2.75) is 27.2 Å². The molecule has 0 atom stereocenters. The fourth-order valence-electron chi connectivity index (χ4n) is 1.97. The Hall–Kier alpha value is -2.30. The van der Waals surface area contributed by atoms with Gasteiger partial charge in [0.05, 0.1) is 25.1 Å². The van der Waals surface area contributed by atoms with Crippen LogP contribution in [0.5, 0.6) is 11.5 Å². The third-order valence-electron chi connectivity index (χ3n) is 3.08. The molecule has 1 heterocycles. The lowest BCUT2D eigenvalue weighted by molar-refractivity contribution is 0.294. The molecule has 0 radical (unpaired) electrons. The number of ether oxygens (including phenoxy) is 2. The van der Waals surface area contributed by atoms with Gasteiger partial charge in [-0.25, -0.2) is 0 Å². The minimum Gasteiger partial charge on any atom is -0.493 e. The highest BCUT2D eigenvalue weighted by molar-refractivity contribution is 5.83. The van der Waals surface area contributed by atoms with Crippen molar-refractivity contribution in [1.29, 1.82) is 0 Å². The molecule has 2 rings (SSSR count). The molecule has 0 fully saturated rings. The van der Waals surface area contributed by atoms with Crippen LogP contribution in [0.25, 0.3) is 0 Å². The fraction of sp³-hybridized carbons (Fsp3) is 0.375. The molecular weight excluding hydrogens is 266 g/mol. The smallest absolute Gasteiger partial charge is 0.161 e. The maximum absolute atomic E-state index is 5.64. The number of hydrogen-bond acceptors (Lipinski definition) is 4. The van der Waals surface area contributed by atoms with E-state index in [1.165, 1.54) is 0 Å². The predicted octanol–water partition coefficient (Wildman–Crippen LogP) is 3.57. The molecule has 2 aromatic rings. The third-order valence-corrected chi connectivity index (χ3v) is 3.08. The first-order chi connectivity index (χ1) is 10.2. The Labute approximate surface area is 125 Å². The van der Waals surface area contributed by atoms with Gasteiger partial charge >= 0.3 is 0 Å². The van der Waals surface area contributed by atoms with Crippen LogP contribution in [0.2, 0.25) is 0 Å². The van der Waals surface area contributed by atoms with Gasteiger partial charge in [0.15, 0.2) is 11.5 Å². The van der Waals surface area contributed by atoms with Gasteiger partial charge in [-0.15, -0.1) is 0 Å². The number of aromatic amines is 1. The van der Waals surface area contributed by atoms with Crippen LogP contribution in [0, 0.1) is 13.8 Å². The summed E-state index contributed by atoms with van der Waals surface area (Å²) in [6.45, 7) is 6.63. The zero-order chi connectivity index (χ0) is 15.2. The van der Waals surface area contributed by atoms with Crippen molar-refractivity contribution >= 4 is 11.9 Å². The summed E-state index contributed by atoms with van der Waals surface area (Å²) in [7, 11) is 1.64. The molecule has 1 aromatic carbocycles. The molecule has 5 nitrogen and oxygen atoms in total. The number of H-pyrrole nitrogens is 1. The number of hydrogen-bond donors (Lipinski definition) is 1. The average molecular weight is 287 g/mol. The number of aliphatic imine (C=N–C) groups is 1. The minimum atomic E-state index is 0.678. The number of aromatic nitrogens is 2. The molecule has 0 saturated carbocycles. The topological polar surface area (TPSA) is 59.5 Å². The Morgan fingerprint density at radius 3 is 2.71 bits per heavy atom. The number of rotatable bonds is 6. The van der Waals surface area contributed by atoms with Crippen LogP contribution >= 0.6 is 0 Å². The number of benzene rings is 1. The van der Waals surface area contributed by atoms with Crippen molar-refractivity contribution in [1.82, 2.24) is 10.2 Å². The minimum absolute atomic E-state index is 0.678. The third kappa shape index (κ3) is 3.62. The van der Waals surface area contributed by atoms with Gasteiger partial charge in [-0.05, 0) is 44.0 Å². The van der Waals surface area contributed by atoms with Crippen LogP contribution in [0.1, 0.15) is 30.3 Å². The van der Waals surface area contributed by atoms with Crippen molar-refractivity contribution in [3.63, 3.8) is 0 Å². The summed E-state index contributed by atoms with van der Waals surface area (Å²) in [6, 6.07) is 5.78. The molecule has 21 heavy (non-hydrogen) atoms. The molecule has 1 aromatic heterocycles. The van der Waals surface area contributed by atoms with Gasteiger partial charge in [-0.1, -0.05) is 6.92 Å². The van der Waals surface area contributed by atoms with E-state index in [2.05, 4.69) is 22.1 Å². The number of nitrogens with zero attached hydrogens (tertiary/aromatic N) is 2. The van der Waals surface area contributed by atoms with E-state index in [0.29, 0.717) is 12.4 Å². The second-order valence-electron chi connectivity index (χ2n) is 4.80. The monoisotopic (exact) mass is 287 g/mol. The van der Waals surface area contributed by atoms with Gasteiger partial charge in [-0.3, -0.25) is 10.1 Å². The van der Waals surface area contributed by atoms with E-state index in [0.717, 1.165) is 34.8 Å². The van der Waals surface area contributed by atoms with Crippen LogP contribution in [-0.2, 0) is 0 Å². The highest BCUT2D eigenvalue weighted by atomic mass is 16.5. The van der Waals surface area contributed by atoms with Crippen LogP contribution in [0.3, 0.4) is 0 Å². The van der Waals surface area contributed by atoms with Gasteiger partial charge in [0, 0.05) is 6.21 Å². The predicted molar refractivity (Wildman–Crippen MR) is 84.1 cm³/mol. The zero-order valence-electron chi connectivity index (χ0n) is 12.9. The van der Waals surface area contributed by atoms with Gasteiger partial charge in [0.25, 0.3) is 0 Å². The molecule has 0 unspecified atom stereocenters. The lowest BCUT2D eigenvalue weighted by Gasteiger charge is -2.10. The first kappa shape index (κ1) is 15.1. The Kier molecular flexibility index (Phi) is 4.98. The molecule has 5 heteroatoms. The summed E-state index contributed by atoms with van der Waals surface area (Å²) in [4.78, 5) is 4.49. The highest BCUT2D eigenvalue weighted by Gasteiger charge is 2.06. The Morgan fingerprint density at radius 1 is 1.29 bits per heavy atom. The van der Waals surface area contributed by atoms with Crippen molar-refractivity contribution in [2.75, 3.05) is 13.7 Å². The van der Waals surface area contributed by atoms with Crippen molar-refractivity contribution in [3.8, 4) is 11.5 Å². The van der Waals surface area contributed by atoms with E-state index in [1.54, 1.807) is 13.3 Å². The number of aryl methyl sites for hydroxylation is 2. The summed E-state index contributed by atoms with van der Waals surface area (Å²) >= 11 is 0. The molecular formula is C16H21N3O2. The quantitative estimate of drug-likeness (QED) is 0.826. The second kappa shape index (κ2) is 6.92. The van der Waals surface area contributed by atoms with E-state index >= 15 is 0 Å². The Morgan fingerprint density at radius 2 is 2.10 bits per heavy atom. The van der Waals surface area contributed by atoms with Crippen LogP contribution in [0.4, 0.5) is 5.69 Å². The normalized spacial score (nSPS) is 11.0. The van der Waals surface area contributed by atoms with E-state index in [9.17, 15) is 0 Å². The van der Waals surface area contributed by atoms with E-state index in [-0.39, 0.29) is 0 Å². The van der Waals surface area contributed by atoms with Gasteiger partial charge in [0.1, 0.15) is 5.69 Å². The molecule has 0 saturated heterocycles. The van der Waals surface area contributed by atoms with E-state index < -0.39 is 0 Å². The van der Waals surface area contributed by atoms with Gasteiger partial charge in [0.2, 0.25) is 0 Å².